The molecular formula is C20H11N3O3. The van der Waals surface area contributed by atoms with Crippen molar-refractivity contribution < 1.29 is 14.0 Å². The molecule has 1 aliphatic heterocycles. The van der Waals surface area contributed by atoms with E-state index in [-0.39, 0.29) is 11.8 Å². The molecule has 6 nitrogen and oxygen atoms in total. The molecule has 124 valence electrons. The van der Waals surface area contributed by atoms with Crippen LogP contribution in [0.2, 0.25) is 0 Å². The van der Waals surface area contributed by atoms with Gasteiger partial charge in [-0.05, 0) is 42.5 Å². The number of hydrogen-bond donors (Lipinski definition) is 0. The minimum Gasteiger partial charge on any atom is -0.434 e. The predicted molar refractivity (Wildman–Crippen MR) is 94.8 cm³/mol. The van der Waals surface area contributed by atoms with Gasteiger partial charge in [0.15, 0.2) is 11.2 Å². The van der Waals surface area contributed by atoms with Crippen molar-refractivity contribution >= 4 is 28.7 Å². The van der Waals surface area contributed by atoms with Gasteiger partial charge in [-0.2, -0.15) is 4.98 Å². The van der Waals surface area contributed by atoms with E-state index in [0.29, 0.717) is 39.5 Å². The number of fused-ring (bicyclic) bond motifs is 2. The van der Waals surface area contributed by atoms with Gasteiger partial charge in [0.1, 0.15) is 0 Å². The molecule has 2 aromatic heterocycles. The van der Waals surface area contributed by atoms with Crippen LogP contribution in [0.15, 0.2) is 71.3 Å². The van der Waals surface area contributed by atoms with Gasteiger partial charge in [0, 0.05) is 11.8 Å². The van der Waals surface area contributed by atoms with Gasteiger partial charge in [0.05, 0.1) is 16.8 Å². The molecule has 3 heterocycles. The summed E-state index contributed by atoms with van der Waals surface area (Å²) in [5, 5.41) is 0. The third kappa shape index (κ3) is 2.05. The van der Waals surface area contributed by atoms with Crippen LogP contribution in [-0.4, -0.2) is 21.8 Å². The van der Waals surface area contributed by atoms with E-state index >= 15 is 0 Å². The third-order valence-corrected chi connectivity index (χ3v) is 4.31. The van der Waals surface area contributed by atoms with Crippen molar-refractivity contribution in [1.82, 2.24) is 9.97 Å². The van der Waals surface area contributed by atoms with Crippen LogP contribution in [0.3, 0.4) is 0 Å². The highest BCUT2D eigenvalue weighted by Gasteiger charge is 2.36. The van der Waals surface area contributed by atoms with E-state index in [9.17, 15) is 9.59 Å². The Morgan fingerprint density at radius 2 is 1.62 bits per heavy atom. The first kappa shape index (κ1) is 14.5. The van der Waals surface area contributed by atoms with Crippen LogP contribution < -0.4 is 4.90 Å². The molecule has 26 heavy (non-hydrogen) atoms. The number of imide groups is 1. The van der Waals surface area contributed by atoms with E-state index in [4.69, 9.17) is 4.42 Å². The molecule has 0 spiro atoms. The first-order valence-electron chi connectivity index (χ1n) is 8.02. The Kier molecular flexibility index (Phi) is 2.99. The number of benzene rings is 2. The number of rotatable bonds is 2. The van der Waals surface area contributed by atoms with Crippen molar-refractivity contribution in [2.45, 2.75) is 0 Å². The second-order valence-corrected chi connectivity index (χ2v) is 5.89. The van der Waals surface area contributed by atoms with Crippen LogP contribution >= 0.6 is 0 Å². The van der Waals surface area contributed by atoms with Crippen molar-refractivity contribution in [1.29, 1.82) is 0 Å². The van der Waals surface area contributed by atoms with Crippen LogP contribution in [0, 0.1) is 0 Å². The lowest BCUT2D eigenvalue weighted by Gasteiger charge is -2.14. The Morgan fingerprint density at radius 3 is 2.35 bits per heavy atom. The summed E-state index contributed by atoms with van der Waals surface area (Å²) in [6, 6.07) is 17.4. The SMILES string of the molecule is O=C1c2ccccc2C(=O)N1c1cccc(-c2nc3ncccc3o2)c1. The highest BCUT2D eigenvalue weighted by molar-refractivity contribution is 6.34. The highest BCUT2D eigenvalue weighted by atomic mass is 16.3. The lowest BCUT2D eigenvalue weighted by atomic mass is 10.1. The normalized spacial score (nSPS) is 13.5. The number of nitrogens with zero attached hydrogens (tertiary/aromatic N) is 3. The lowest BCUT2D eigenvalue weighted by Crippen LogP contribution is -2.29. The molecule has 5 rings (SSSR count). The fourth-order valence-electron chi connectivity index (χ4n) is 3.09. The quantitative estimate of drug-likeness (QED) is 0.520. The van der Waals surface area contributed by atoms with E-state index in [1.807, 2.05) is 6.07 Å². The van der Waals surface area contributed by atoms with Gasteiger partial charge in [0.25, 0.3) is 11.8 Å². The Balaban J connectivity index is 1.59. The number of aromatic nitrogens is 2. The molecule has 0 saturated carbocycles. The number of anilines is 1. The fourth-order valence-corrected chi connectivity index (χ4v) is 3.09. The second kappa shape index (κ2) is 5.35. The van der Waals surface area contributed by atoms with E-state index in [2.05, 4.69) is 9.97 Å². The van der Waals surface area contributed by atoms with Crippen LogP contribution in [0.25, 0.3) is 22.7 Å². The van der Waals surface area contributed by atoms with E-state index in [1.165, 1.54) is 4.90 Å². The van der Waals surface area contributed by atoms with Gasteiger partial charge in [-0.3, -0.25) is 9.59 Å². The summed E-state index contributed by atoms with van der Waals surface area (Å²) in [5.41, 5.74) is 3.05. The summed E-state index contributed by atoms with van der Waals surface area (Å²) in [7, 11) is 0. The molecule has 0 saturated heterocycles. The fraction of sp³-hybridized carbons (Fsp3) is 0. The third-order valence-electron chi connectivity index (χ3n) is 4.31. The molecule has 0 N–H and O–H groups in total. The minimum atomic E-state index is -0.331. The van der Waals surface area contributed by atoms with Gasteiger partial charge < -0.3 is 4.42 Å². The smallest absolute Gasteiger partial charge is 0.266 e. The van der Waals surface area contributed by atoms with Crippen molar-refractivity contribution in [3.05, 3.63) is 78.0 Å². The van der Waals surface area contributed by atoms with Crippen LogP contribution in [0.4, 0.5) is 5.69 Å². The van der Waals surface area contributed by atoms with Crippen LogP contribution in [0.5, 0.6) is 0 Å². The highest BCUT2D eigenvalue weighted by Crippen LogP contribution is 2.31. The molecule has 4 aromatic rings. The second-order valence-electron chi connectivity index (χ2n) is 5.89. The van der Waals surface area contributed by atoms with Gasteiger partial charge in [0.2, 0.25) is 5.89 Å². The van der Waals surface area contributed by atoms with Gasteiger partial charge >= 0.3 is 0 Å². The standard InChI is InChI=1S/C20H11N3O3/c24-19-14-7-1-2-8-15(14)20(25)23(19)13-6-3-5-12(11-13)18-22-17-16(26-18)9-4-10-21-17/h1-11H. The maximum absolute atomic E-state index is 12.7. The molecule has 0 aliphatic carbocycles. The van der Waals surface area contributed by atoms with Crippen molar-refractivity contribution in [3.63, 3.8) is 0 Å². The summed E-state index contributed by atoms with van der Waals surface area (Å²) >= 11 is 0. The number of carbonyl (C=O) groups is 2. The predicted octanol–water partition coefficient (Wildman–Crippen LogP) is 3.69. The van der Waals surface area contributed by atoms with Crippen LogP contribution in [-0.2, 0) is 0 Å². The molecular weight excluding hydrogens is 330 g/mol. The summed E-state index contributed by atoms with van der Waals surface area (Å²) in [6.45, 7) is 0. The molecule has 1 aliphatic rings. The summed E-state index contributed by atoms with van der Waals surface area (Å²) in [4.78, 5) is 35.0. The lowest BCUT2D eigenvalue weighted by molar-refractivity contribution is 0.0926. The summed E-state index contributed by atoms with van der Waals surface area (Å²) in [6.07, 6.45) is 1.64. The Hall–Kier alpha value is -3.80. The van der Waals surface area contributed by atoms with Crippen molar-refractivity contribution in [2.75, 3.05) is 4.90 Å². The zero-order valence-electron chi connectivity index (χ0n) is 13.4. The molecule has 2 amide bonds. The van der Waals surface area contributed by atoms with Gasteiger partial charge in [-0.25, -0.2) is 9.88 Å². The molecule has 0 unspecified atom stereocenters. The van der Waals surface area contributed by atoms with Gasteiger partial charge in [-0.15, -0.1) is 0 Å². The number of oxazole rings is 1. The zero-order valence-corrected chi connectivity index (χ0v) is 13.4. The Bertz CT molecular complexity index is 1130. The molecule has 0 atom stereocenters. The van der Waals surface area contributed by atoms with E-state index < -0.39 is 0 Å². The topological polar surface area (TPSA) is 76.3 Å². The maximum Gasteiger partial charge on any atom is 0.266 e. The number of amides is 2. The average Bonchev–Trinajstić information content (AvgIpc) is 3.22. The first-order valence-corrected chi connectivity index (χ1v) is 8.02. The molecule has 2 aromatic carbocycles. The molecule has 0 fully saturated rings. The Morgan fingerprint density at radius 1 is 0.846 bits per heavy atom. The largest absolute Gasteiger partial charge is 0.434 e. The number of pyridine rings is 1. The Labute approximate surface area is 147 Å². The van der Waals surface area contributed by atoms with Crippen LogP contribution in [0.1, 0.15) is 20.7 Å². The van der Waals surface area contributed by atoms with Crippen molar-refractivity contribution in [3.8, 4) is 11.5 Å². The van der Waals surface area contributed by atoms with Crippen molar-refractivity contribution in [2.24, 2.45) is 0 Å². The van der Waals surface area contributed by atoms with E-state index in [1.54, 1.807) is 60.8 Å². The number of hydrogen-bond acceptors (Lipinski definition) is 5. The molecule has 0 radical (unpaired) electrons. The minimum absolute atomic E-state index is 0.331. The first-order chi connectivity index (χ1) is 12.7. The van der Waals surface area contributed by atoms with E-state index in [0.717, 1.165) is 0 Å². The molecule has 6 heteroatoms. The monoisotopic (exact) mass is 341 g/mol. The number of carbonyl (C=O) groups excluding carboxylic acids is 2. The van der Waals surface area contributed by atoms with Gasteiger partial charge in [-0.1, -0.05) is 18.2 Å². The zero-order chi connectivity index (χ0) is 17.7. The molecule has 0 bridgehead atoms. The summed E-state index contributed by atoms with van der Waals surface area (Å²) < 4.78 is 5.73. The summed E-state index contributed by atoms with van der Waals surface area (Å²) in [5.74, 6) is -0.277. The average molecular weight is 341 g/mol. The maximum atomic E-state index is 12.7.